The highest BCUT2D eigenvalue weighted by molar-refractivity contribution is 5.40. The Balaban J connectivity index is 1.81. The van der Waals surface area contributed by atoms with Gasteiger partial charge in [0, 0.05) is 12.0 Å². The van der Waals surface area contributed by atoms with E-state index >= 15 is 0 Å². The molecule has 3 rings (SSSR count). The smallest absolute Gasteiger partial charge is 0.122 e. The first kappa shape index (κ1) is 9.22. The summed E-state index contributed by atoms with van der Waals surface area (Å²) in [6, 6.07) is 6.66. The number of likely N-dealkylation sites (N-methyl/N-ethyl adjacent to an activating group) is 1. The van der Waals surface area contributed by atoms with Gasteiger partial charge < -0.3 is 10.1 Å². The lowest BCUT2D eigenvalue weighted by atomic mass is 10.0. The second-order valence-corrected chi connectivity index (χ2v) is 4.75. The van der Waals surface area contributed by atoms with E-state index in [0.717, 1.165) is 25.2 Å². The molecule has 0 atom stereocenters. The van der Waals surface area contributed by atoms with E-state index in [1.54, 1.807) is 0 Å². The van der Waals surface area contributed by atoms with Crippen LogP contribution in [0.4, 0.5) is 0 Å². The Morgan fingerprint density at radius 1 is 1.40 bits per heavy atom. The van der Waals surface area contributed by atoms with Crippen LogP contribution >= 0.6 is 0 Å². The zero-order valence-corrected chi connectivity index (χ0v) is 9.18. The topological polar surface area (TPSA) is 21.3 Å². The summed E-state index contributed by atoms with van der Waals surface area (Å²) in [5, 5.41) is 3.44. The van der Waals surface area contributed by atoms with Crippen molar-refractivity contribution in [2.24, 2.45) is 0 Å². The van der Waals surface area contributed by atoms with Gasteiger partial charge in [0.15, 0.2) is 0 Å². The minimum absolute atomic E-state index is 0.410. The predicted octanol–water partition coefficient (Wildman–Crippen LogP) is 1.92. The molecular weight excluding hydrogens is 186 g/mol. The van der Waals surface area contributed by atoms with E-state index in [4.69, 9.17) is 4.74 Å². The van der Waals surface area contributed by atoms with E-state index in [9.17, 15) is 0 Å². The molecule has 2 heteroatoms. The van der Waals surface area contributed by atoms with Crippen LogP contribution in [0.3, 0.4) is 0 Å². The highest BCUT2D eigenvalue weighted by Gasteiger charge is 2.40. The molecule has 0 spiro atoms. The van der Waals surface area contributed by atoms with E-state index in [0.29, 0.717) is 5.54 Å². The first-order chi connectivity index (χ1) is 7.31. The average molecular weight is 203 g/mol. The molecule has 0 amide bonds. The quantitative estimate of drug-likeness (QED) is 0.810. The van der Waals surface area contributed by atoms with Crippen molar-refractivity contribution in [1.82, 2.24) is 5.32 Å². The predicted molar refractivity (Wildman–Crippen MR) is 60.4 cm³/mol. The minimum atomic E-state index is 0.410. The molecule has 1 fully saturated rings. The molecule has 80 valence electrons. The largest absolute Gasteiger partial charge is 0.493 e. The van der Waals surface area contributed by atoms with Crippen LogP contribution in [0.1, 0.15) is 24.0 Å². The first-order valence-corrected chi connectivity index (χ1v) is 5.75. The monoisotopic (exact) mass is 203 g/mol. The molecule has 1 heterocycles. The van der Waals surface area contributed by atoms with Crippen molar-refractivity contribution in [1.29, 1.82) is 0 Å². The second-order valence-electron chi connectivity index (χ2n) is 4.75. The van der Waals surface area contributed by atoms with Gasteiger partial charge in [-0.1, -0.05) is 12.1 Å². The summed E-state index contributed by atoms with van der Waals surface area (Å²) >= 11 is 0. The van der Waals surface area contributed by atoms with Gasteiger partial charge >= 0.3 is 0 Å². The second kappa shape index (κ2) is 3.24. The fourth-order valence-corrected chi connectivity index (χ4v) is 2.41. The fraction of sp³-hybridized carbons (Fsp3) is 0.538. The summed E-state index contributed by atoms with van der Waals surface area (Å²) in [5.41, 5.74) is 3.25. The van der Waals surface area contributed by atoms with Gasteiger partial charge in [-0.2, -0.15) is 0 Å². The molecule has 1 aromatic carbocycles. The van der Waals surface area contributed by atoms with E-state index < -0.39 is 0 Å². The van der Waals surface area contributed by atoms with Gasteiger partial charge in [-0.05, 0) is 43.5 Å². The number of hydrogen-bond acceptors (Lipinski definition) is 2. The average Bonchev–Trinajstić information content (AvgIpc) is 2.88. The standard InChI is InChI=1S/C13H17NO/c1-14-13(5-6-13)9-10-2-3-12-11(8-10)4-7-15-12/h2-3,8,14H,4-7,9H2,1H3. The van der Waals surface area contributed by atoms with Crippen LogP contribution in [0, 0.1) is 0 Å². The number of rotatable bonds is 3. The molecule has 1 aliphatic carbocycles. The maximum Gasteiger partial charge on any atom is 0.122 e. The molecule has 0 radical (unpaired) electrons. The Hall–Kier alpha value is -1.02. The lowest BCUT2D eigenvalue weighted by Crippen LogP contribution is -2.29. The van der Waals surface area contributed by atoms with Crippen molar-refractivity contribution in [2.45, 2.75) is 31.2 Å². The van der Waals surface area contributed by atoms with Crippen molar-refractivity contribution in [2.75, 3.05) is 13.7 Å². The molecular formula is C13H17NO. The van der Waals surface area contributed by atoms with Crippen molar-refractivity contribution < 1.29 is 4.74 Å². The Kier molecular flexibility index (Phi) is 1.99. The van der Waals surface area contributed by atoms with E-state index in [-0.39, 0.29) is 0 Å². The van der Waals surface area contributed by atoms with E-state index in [1.807, 2.05) is 0 Å². The maximum atomic E-state index is 5.51. The van der Waals surface area contributed by atoms with Gasteiger partial charge in [-0.25, -0.2) is 0 Å². The molecule has 15 heavy (non-hydrogen) atoms. The Morgan fingerprint density at radius 3 is 3.00 bits per heavy atom. The third-order valence-corrected chi connectivity index (χ3v) is 3.68. The van der Waals surface area contributed by atoms with Crippen LogP contribution in [-0.4, -0.2) is 19.2 Å². The molecule has 1 aliphatic heterocycles. The third kappa shape index (κ3) is 1.63. The van der Waals surface area contributed by atoms with Crippen molar-refractivity contribution in [3.05, 3.63) is 29.3 Å². The molecule has 1 aromatic rings. The Bertz CT molecular complexity index is 382. The zero-order chi connectivity index (χ0) is 10.3. The van der Waals surface area contributed by atoms with Crippen LogP contribution in [0.5, 0.6) is 5.75 Å². The van der Waals surface area contributed by atoms with Crippen molar-refractivity contribution in [3.63, 3.8) is 0 Å². The number of benzene rings is 1. The number of fused-ring (bicyclic) bond motifs is 1. The molecule has 0 bridgehead atoms. The molecule has 0 unspecified atom stereocenters. The van der Waals surface area contributed by atoms with Crippen molar-refractivity contribution >= 4 is 0 Å². The number of hydrogen-bond donors (Lipinski definition) is 1. The summed E-state index contributed by atoms with van der Waals surface area (Å²) in [7, 11) is 2.07. The third-order valence-electron chi connectivity index (χ3n) is 3.68. The Morgan fingerprint density at radius 2 is 2.27 bits per heavy atom. The lowest BCUT2D eigenvalue weighted by Gasteiger charge is -2.14. The van der Waals surface area contributed by atoms with Gasteiger partial charge in [0.2, 0.25) is 0 Å². The molecule has 2 aliphatic rings. The zero-order valence-electron chi connectivity index (χ0n) is 9.18. The van der Waals surface area contributed by atoms with E-state index in [1.165, 1.54) is 24.0 Å². The van der Waals surface area contributed by atoms with Crippen LogP contribution in [0.15, 0.2) is 18.2 Å². The van der Waals surface area contributed by atoms with Gasteiger partial charge in [-0.15, -0.1) is 0 Å². The van der Waals surface area contributed by atoms with Gasteiger partial charge in [0.25, 0.3) is 0 Å². The van der Waals surface area contributed by atoms with Crippen molar-refractivity contribution in [3.8, 4) is 5.75 Å². The van der Waals surface area contributed by atoms with Gasteiger partial charge in [0.1, 0.15) is 5.75 Å². The normalized spacial score (nSPS) is 20.9. The van der Waals surface area contributed by atoms with Crippen LogP contribution in [-0.2, 0) is 12.8 Å². The highest BCUT2D eigenvalue weighted by atomic mass is 16.5. The number of nitrogens with one attached hydrogen (secondary N) is 1. The Labute approximate surface area is 90.6 Å². The van der Waals surface area contributed by atoms with Crippen LogP contribution in [0.2, 0.25) is 0 Å². The first-order valence-electron chi connectivity index (χ1n) is 5.75. The highest BCUT2D eigenvalue weighted by Crippen LogP contribution is 2.39. The van der Waals surface area contributed by atoms with Crippen LogP contribution in [0.25, 0.3) is 0 Å². The summed E-state index contributed by atoms with van der Waals surface area (Å²) < 4.78 is 5.51. The van der Waals surface area contributed by atoms with Crippen LogP contribution < -0.4 is 10.1 Å². The van der Waals surface area contributed by atoms with Gasteiger partial charge in [0.05, 0.1) is 6.61 Å². The SMILES string of the molecule is CNC1(Cc2ccc3c(c2)CCO3)CC1. The lowest BCUT2D eigenvalue weighted by molar-refractivity contribution is 0.357. The molecule has 0 aromatic heterocycles. The molecule has 0 saturated heterocycles. The summed E-state index contributed by atoms with van der Waals surface area (Å²) in [6.07, 6.45) is 4.88. The van der Waals surface area contributed by atoms with E-state index in [2.05, 4.69) is 30.6 Å². The summed E-state index contributed by atoms with van der Waals surface area (Å²) in [4.78, 5) is 0. The molecule has 1 saturated carbocycles. The molecule has 2 nitrogen and oxygen atoms in total. The number of ether oxygens (including phenoxy) is 1. The summed E-state index contributed by atoms with van der Waals surface area (Å²) in [6.45, 7) is 0.857. The van der Waals surface area contributed by atoms with Gasteiger partial charge in [-0.3, -0.25) is 0 Å². The minimum Gasteiger partial charge on any atom is -0.493 e. The fourth-order valence-electron chi connectivity index (χ4n) is 2.41. The molecule has 1 N–H and O–H groups in total. The summed E-state index contributed by atoms with van der Waals surface area (Å²) in [5.74, 6) is 1.09. The maximum absolute atomic E-state index is 5.51.